The highest BCUT2D eigenvalue weighted by Crippen LogP contribution is 2.39. The normalized spacial score (nSPS) is 11.6. The molecular formula is C26H16ClF3N4O2. The number of alkyl halides is 3. The number of hydrogen-bond donors (Lipinski definition) is 2. The quantitative estimate of drug-likeness (QED) is 0.277. The Kier molecular flexibility index (Phi) is 5.85. The molecule has 10 heteroatoms. The maximum Gasteiger partial charge on any atom is 0.416 e. The zero-order valence-corrected chi connectivity index (χ0v) is 19.1. The summed E-state index contributed by atoms with van der Waals surface area (Å²) in [6.45, 7) is 0. The van der Waals surface area contributed by atoms with Gasteiger partial charge in [0, 0.05) is 22.7 Å². The van der Waals surface area contributed by atoms with Gasteiger partial charge in [0.05, 0.1) is 16.6 Å². The number of carbonyl (C=O) groups is 1. The highest BCUT2D eigenvalue weighted by molar-refractivity contribution is 6.17. The molecule has 0 unspecified atom stereocenters. The summed E-state index contributed by atoms with van der Waals surface area (Å²) < 4.78 is 44.5. The van der Waals surface area contributed by atoms with E-state index in [1.807, 2.05) is 24.3 Å². The summed E-state index contributed by atoms with van der Waals surface area (Å²) in [7, 11) is 0. The van der Waals surface area contributed by atoms with Gasteiger partial charge in [-0.1, -0.05) is 36.4 Å². The van der Waals surface area contributed by atoms with Crippen molar-refractivity contribution in [1.29, 1.82) is 0 Å². The number of nitrogens with one attached hydrogen (secondary N) is 1. The molecule has 1 heterocycles. The van der Waals surface area contributed by atoms with E-state index in [9.17, 15) is 18.0 Å². The summed E-state index contributed by atoms with van der Waals surface area (Å²) in [5.41, 5.74) is 6.89. The Hall–Kier alpha value is -4.37. The van der Waals surface area contributed by atoms with Gasteiger partial charge in [-0.3, -0.25) is 4.79 Å². The van der Waals surface area contributed by atoms with Gasteiger partial charge in [-0.05, 0) is 52.9 Å². The van der Waals surface area contributed by atoms with Gasteiger partial charge < -0.3 is 15.3 Å². The summed E-state index contributed by atoms with van der Waals surface area (Å²) in [5, 5.41) is 4.55. The number of nitrogen functional groups attached to an aromatic ring is 1. The molecule has 1 amide bonds. The maximum absolute atomic E-state index is 13.3. The maximum atomic E-state index is 13.3. The van der Waals surface area contributed by atoms with Crippen LogP contribution >= 0.6 is 11.9 Å². The molecule has 0 bridgehead atoms. The van der Waals surface area contributed by atoms with Crippen LogP contribution in [0.1, 0.15) is 15.9 Å². The molecule has 0 spiro atoms. The summed E-state index contributed by atoms with van der Waals surface area (Å²) >= 11 is 5.78. The predicted molar refractivity (Wildman–Crippen MR) is 133 cm³/mol. The number of fused-ring (bicyclic) bond motifs is 2. The van der Waals surface area contributed by atoms with Crippen LogP contribution in [-0.4, -0.2) is 15.9 Å². The van der Waals surface area contributed by atoms with E-state index in [4.69, 9.17) is 21.9 Å². The fraction of sp³-hybridized carbons (Fsp3) is 0.0385. The van der Waals surface area contributed by atoms with Crippen molar-refractivity contribution >= 4 is 51.1 Å². The lowest BCUT2D eigenvalue weighted by Crippen LogP contribution is -2.14. The van der Waals surface area contributed by atoms with Crippen molar-refractivity contribution in [3.63, 3.8) is 0 Å². The highest BCUT2D eigenvalue weighted by Gasteiger charge is 2.30. The van der Waals surface area contributed by atoms with Gasteiger partial charge in [-0.25, -0.2) is 9.97 Å². The van der Waals surface area contributed by atoms with Crippen molar-refractivity contribution in [3.8, 4) is 16.9 Å². The average Bonchev–Trinajstić information content (AvgIpc) is 2.87. The van der Waals surface area contributed by atoms with Crippen LogP contribution in [0.3, 0.4) is 0 Å². The molecule has 0 atom stereocenters. The van der Waals surface area contributed by atoms with Gasteiger partial charge in [0.2, 0.25) is 5.95 Å². The van der Waals surface area contributed by atoms with E-state index < -0.39 is 17.6 Å². The fourth-order valence-corrected chi connectivity index (χ4v) is 4.19. The van der Waals surface area contributed by atoms with Crippen molar-refractivity contribution < 1.29 is 22.3 Å². The zero-order chi connectivity index (χ0) is 25.4. The Morgan fingerprint density at radius 2 is 1.75 bits per heavy atom. The Bertz CT molecular complexity index is 1640. The molecule has 0 saturated heterocycles. The number of halogens is 4. The Labute approximate surface area is 207 Å². The monoisotopic (exact) mass is 508 g/mol. The van der Waals surface area contributed by atoms with Crippen LogP contribution in [0.4, 0.5) is 24.8 Å². The first-order valence-corrected chi connectivity index (χ1v) is 10.9. The van der Waals surface area contributed by atoms with Crippen molar-refractivity contribution in [2.45, 2.75) is 6.18 Å². The molecule has 0 saturated carbocycles. The van der Waals surface area contributed by atoms with Gasteiger partial charge in [0.15, 0.2) is 5.75 Å². The minimum Gasteiger partial charge on any atom is -0.384 e. The van der Waals surface area contributed by atoms with E-state index in [0.717, 1.165) is 28.5 Å². The van der Waals surface area contributed by atoms with Crippen LogP contribution in [-0.2, 0) is 6.18 Å². The number of aromatic nitrogens is 2. The Morgan fingerprint density at radius 1 is 0.972 bits per heavy atom. The second kappa shape index (κ2) is 9.01. The molecule has 36 heavy (non-hydrogen) atoms. The first kappa shape index (κ1) is 23.4. The van der Waals surface area contributed by atoms with Crippen LogP contribution in [0.15, 0.2) is 79.0 Å². The van der Waals surface area contributed by atoms with E-state index in [0.29, 0.717) is 16.5 Å². The first-order chi connectivity index (χ1) is 17.2. The summed E-state index contributed by atoms with van der Waals surface area (Å²) in [5.74, 6) is -0.455. The predicted octanol–water partition coefficient (Wildman–Crippen LogP) is 6.84. The summed E-state index contributed by atoms with van der Waals surface area (Å²) in [4.78, 5) is 21.5. The van der Waals surface area contributed by atoms with Gasteiger partial charge >= 0.3 is 6.18 Å². The van der Waals surface area contributed by atoms with E-state index in [2.05, 4.69) is 15.3 Å². The molecule has 180 valence electrons. The first-order valence-electron chi connectivity index (χ1n) is 10.6. The number of hydrogen-bond acceptors (Lipinski definition) is 5. The lowest BCUT2D eigenvalue weighted by molar-refractivity contribution is -0.137. The number of carbonyl (C=O) groups excluding carboxylic acids is 1. The van der Waals surface area contributed by atoms with E-state index in [-0.39, 0.29) is 22.9 Å². The second-order valence-corrected chi connectivity index (χ2v) is 8.11. The zero-order valence-electron chi connectivity index (χ0n) is 18.3. The van der Waals surface area contributed by atoms with Gasteiger partial charge in [-0.2, -0.15) is 13.2 Å². The smallest absolute Gasteiger partial charge is 0.384 e. The largest absolute Gasteiger partial charge is 0.416 e. The lowest BCUT2D eigenvalue weighted by atomic mass is 9.93. The average molecular weight is 509 g/mol. The summed E-state index contributed by atoms with van der Waals surface area (Å²) in [6.07, 6.45) is -2.95. The standard InChI is InChI=1S/C26H16ClF3N4O2/c27-36-23-19-7-2-1-6-18(19)20(14-8-9-22-15(10-14)13-32-25(31)34-22)12-21(23)24(35)33-17-5-3-4-16(11-17)26(28,29)30/h1-13H,(H,33,35)(H2,31,32,34). The van der Waals surface area contributed by atoms with Crippen LogP contribution in [0.5, 0.6) is 5.75 Å². The molecule has 0 aliphatic heterocycles. The van der Waals surface area contributed by atoms with Crippen LogP contribution < -0.4 is 15.3 Å². The molecule has 5 rings (SSSR count). The SMILES string of the molecule is Nc1ncc2cc(-c3cc(C(=O)Nc4cccc(C(F)(F)F)c4)c(OCl)c4ccccc34)ccc2n1. The van der Waals surface area contributed by atoms with Crippen molar-refractivity contribution in [2.24, 2.45) is 0 Å². The van der Waals surface area contributed by atoms with E-state index in [1.54, 1.807) is 30.5 Å². The van der Waals surface area contributed by atoms with Crippen molar-refractivity contribution in [2.75, 3.05) is 11.1 Å². The van der Waals surface area contributed by atoms with Crippen molar-refractivity contribution in [3.05, 3.63) is 90.1 Å². The molecule has 0 fully saturated rings. The number of nitrogens with zero attached hydrogens (tertiary/aromatic N) is 2. The third kappa shape index (κ3) is 4.36. The molecule has 0 aliphatic carbocycles. The van der Waals surface area contributed by atoms with E-state index >= 15 is 0 Å². The fourth-order valence-electron chi connectivity index (χ4n) is 4.03. The molecule has 6 nitrogen and oxygen atoms in total. The second-order valence-electron chi connectivity index (χ2n) is 7.96. The van der Waals surface area contributed by atoms with Gasteiger partial charge in [0.25, 0.3) is 5.91 Å². The minimum atomic E-state index is -4.55. The third-order valence-corrected chi connectivity index (χ3v) is 5.83. The van der Waals surface area contributed by atoms with Gasteiger partial charge in [0.1, 0.15) is 11.9 Å². The molecule has 4 aromatic carbocycles. The molecular weight excluding hydrogens is 493 g/mol. The Morgan fingerprint density at radius 3 is 2.50 bits per heavy atom. The Balaban J connectivity index is 1.64. The molecule has 5 aromatic rings. The number of rotatable bonds is 4. The number of anilines is 2. The molecule has 0 radical (unpaired) electrons. The number of nitrogens with two attached hydrogens (primary N) is 1. The minimum absolute atomic E-state index is 0.0227. The number of benzene rings is 4. The molecule has 1 aromatic heterocycles. The van der Waals surface area contributed by atoms with Crippen LogP contribution in [0, 0.1) is 0 Å². The highest BCUT2D eigenvalue weighted by atomic mass is 35.5. The van der Waals surface area contributed by atoms with Crippen LogP contribution in [0.25, 0.3) is 32.8 Å². The van der Waals surface area contributed by atoms with Crippen LogP contribution in [0.2, 0.25) is 0 Å². The topological polar surface area (TPSA) is 90.1 Å². The number of amides is 1. The van der Waals surface area contributed by atoms with E-state index in [1.165, 1.54) is 12.1 Å². The molecule has 3 N–H and O–H groups in total. The lowest BCUT2D eigenvalue weighted by Gasteiger charge is -2.15. The summed E-state index contributed by atoms with van der Waals surface area (Å²) in [6, 6.07) is 18.6. The van der Waals surface area contributed by atoms with Crippen molar-refractivity contribution in [1.82, 2.24) is 9.97 Å². The van der Waals surface area contributed by atoms with Gasteiger partial charge in [-0.15, -0.1) is 0 Å². The molecule has 0 aliphatic rings. The third-order valence-electron chi connectivity index (χ3n) is 5.67.